The highest BCUT2D eigenvalue weighted by molar-refractivity contribution is 8.00. The molecule has 0 aliphatic heterocycles. The van der Waals surface area contributed by atoms with Crippen molar-refractivity contribution >= 4 is 11.8 Å². The first-order valence-corrected chi connectivity index (χ1v) is 8.69. The van der Waals surface area contributed by atoms with Crippen molar-refractivity contribution in [2.24, 2.45) is 7.05 Å². The lowest BCUT2D eigenvalue weighted by atomic mass is 9.88. The Bertz CT molecular complexity index is 394. The van der Waals surface area contributed by atoms with Gasteiger partial charge in [0.2, 0.25) is 0 Å². The molecular formula is C15H27N3S. The SMILES string of the molecule is CCc1cc(CNCC2(SC)CCCCC2)n(C)n1. The second-order valence-corrected chi connectivity index (χ2v) is 6.93. The average Bonchev–Trinajstić information content (AvgIpc) is 2.81. The van der Waals surface area contributed by atoms with Gasteiger partial charge in [0.05, 0.1) is 11.4 Å². The molecule has 0 unspecified atom stereocenters. The number of rotatable bonds is 6. The molecule has 0 amide bonds. The summed E-state index contributed by atoms with van der Waals surface area (Å²) in [4.78, 5) is 0. The van der Waals surface area contributed by atoms with Gasteiger partial charge in [0.25, 0.3) is 0 Å². The molecule has 0 spiro atoms. The highest BCUT2D eigenvalue weighted by Gasteiger charge is 2.30. The van der Waals surface area contributed by atoms with Crippen LogP contribution < -0.4 is 5.32 Å². The number of nitrogens with one attached hydrogen (secondary N) is 1. The van der Waals surface area contributed by atoms with Gasteiger partial charge in [0, 0.05) is 24.9 Å². The van der Waals surface area contributed by atoms with E-state index in [0.717, 1.165) is 19.5 Å². The Balaban J connectivity index is 1.86. The Labute approximate surface area is 121 Å². The average molecular weight is 281 g/mol. The van der Waals surface area contributed by atoms with Gasteiger partial charge in [-0.25, -0.2) is 0 Å². The van der Waals surface area contributed by atoms with Crippen LogP contribution in [0.3, 0.4) is 0 Å². The van der Waals surface area contributed by atoms with Crippen molar-refractivity contribution in [2.45, 2.75) is 56.7 Å². The highest BCUT2D eigenvalue weighted by atomic mass is 32.2. The molecule has 1 saturated carbocycles. The van der Waals surface area contributed by atoms with Gasteiger partial charge >= 0.3 is 0 Å². The van der Waals surface area contributed by atoms with Crippen molar-refractivity contribution in [2.75, 3.05) is 12.8 Å². The van der Waals surface area contributed by atoms with E-state index in [1.165, 1.54) is 43.5 Å². The van der Waals surface area contributed by atoms with E-state index in [-0.39, 0.29) is 0 Å². The Morgan fingerprint density at radius 3 is 2.68 bits per heavy atom. The molecule has 1 aliphatic carbocycles. The van der Waals surface area contributed by atoms with Crippen LogP contribution in [0.1, 0.15) is 50.4 Å². The minimum atomic E-state index is 0.477. The van der Waals surface area contributed by atoms with E-state index in [0.29, 0.717) is 4.75 Å². The number of nitrogens with zero attached hydrogens (tertiary/aromatic N) is 2. The summed E-state index contributed by atoms with van der Waals surface area (Å²) in [5, 5.41) is 8.16. The van der Waals surface area contributed by atoms with Gasteiger partial charge in [-0.15, -0.1) is 0 Å². The van der Waals surface area contributed by atoms with Crippen molar-refractivity contribution < 1.29 is 0 Å². The first kappa shape index (κ1) is 14.9. The first-order chi connectivity index (χ1) is 9.19. The second-order valence-electron chi connectivity index (χ2n) is 5.66. The van der Waals surface area contributed by atoms with E-state index < -0.39 is 0 Å². The van der Waals surface area contributed by atoms with Gasteiger partial charge in [0.1, 0.15) is 0 Å². The third-order valence-corrected chi connectivity index (χ3v) is 5.76. The highest BCUT2D eigenvalue weighted by Crippen LogP contribution is 2.37. The fraction of sp³-hybridized carbons (Fsp3) is 0.800. The van der Waals surface area contributed by atoms with Gasteiger partial charge in [-0.05, 0) is 31.6 Å². The summed E-state index contributed by atoms with van der Waals surface area (Å²) in [5.74, 6) is 0. The summed E-state index contributed by atoms with van der Waals surface area (Å²) < 4.78 is 2.49. The third-order valence-electron chi connectivity index (χ3n) is 4.34. The van der Waals surface area contributed by atoms with Gasteiger partial charge in [-0.3, -0.25) is 4.68 Å². The lowest BCUT2D eigenvalue weighted by Crippen LogP contribution is -2.39. The van der Waals surface area contributed by atoms with E-state index in [2.05, 4.69) is 41.4 Å². The van der Waals surface area contributed by atoms with Crippen LogP contribution in [0.15, 0.2) is 6.07 Å². The number of hydrogen-bond acceptors (Lipinski definition) is 3. The molecule has 0 radical (unpaired) electrons. The Hall–Kier alpha value is -0.480. The van der Waals surface area contributed by atoms with Crippen molar-refractivity contribution in [3.63, 3.8) is 0 Å². The lowest BCUT2D eigenvalue weighted by molar-refractivity contribution is 0.378. The third kappa shape index (κ3) is 3.76. The van der Waals surface area contributed by atoms with E-state index in [4.69, 9.17) is 0 Å². The summed E-state index contributed by atoms with van der Waals surface area (Å²) >= 11 is 2.06. The molecule has 4 heteroatoms. The minimum Gasteiger partial charge on any atom is -0.310 e. The number of hydrogen-bond donors (Lipinski definition) is 1. The van der Waals surface area contributed by atoms with Gasteiger partial charge in [-0.2, -0.15) is 16.9 Å². The molecule has 0 bridgehead atoms. The summed E-state index contributed by atoms with van der Waals surface area (Å²) in [5.41, 5.74) is 2.49. The quantitative estimate of drug-likeness (QED) is 0.869. The van der Waals surface area contributed by atoms with Crippen LogP contribution in [0.4, 0.5) is 0 Å². The fourth-order valence-electron chi connectivity index (χ4n) is 2.98. The molecule has 19 heavy (non-hydrogen) atoms. The Morgan fingerprint density at radius 2 is 2.11 bits per heavy atom. The van der Waals surface area contributed by atoms with Crippen molar-refractivity contribution in [3.05, 3.63) is 17.5 Å². The largest absolute Gasteiger partial charge is 0.310 e. The maximum absolute atomic E-state index is 4.50. The Kier molecular flexibility index (Phi) is 5.34. The van der Waals surface area contributed by atoms with Crippen LogP contribution in [0.2, 0.25) is 0 Å². The maximum Gasteiger partial charge on any atom is 0.0625 e. The fourth-order valence-corrected chi connectivity index (χ4v) is 3.92. The predicted molar refractivity (Wildman–Crippen MR) is 83.6 cm³/mol. The second kappa shape index (κ2) is 6.80. The zero-order valence-corrected chi connectivity index (χ0v) is 13.4. The normalized spacial score (nSPS) is 18.7. The molecule has 3 nitrogen and oxygen atoms in total. The molecule has 0 atom stereocenters. The van der Waals surface area contributed by atoms with Gasteiger partial charge in [-0.1, -0.05) is 26.2 Å². The van der Waals surface area contributed by atoms with Crippen LogP contribution in [-0.4, -0.2) is 27.3 Å². The molecule has 1 N–H and O–H groups in total. The predicted octanol–water partition coefficient (Wildman–Crippen LogP) is 3.14. The first-order valence-electron chi connectivity index (χ1n) is 7.47. The van der Waals surface area contributed by atoms with Crippen LogP contribution in [0.25, 0.3) is 0 Å². The molecule has 0 aromatic carbocycles. The summed E-state index contributed by atoms with van der Waals surface area (Å²) in [6.45, 7) is 4.22. The van der Waals surface area contributed by atoms with Crippen molar-refractivity contribution in [3.8, 4) is 0 Å². The zero-order chi connectivity index (χ0) is 13.7. The van der Waals surface area contributed by atoms with Crippen molar-refractivity contribution in [1.82, 2.24) is 15.1 Å². The molecule has 1 aromatic rings. The number of thioether (sulfide) groups is 1. The number of aromatic nitrogens is 2. The van der Waals surface area contributed by atoms with Crippen LogP contribution in [0.5, 0.6) is 0 Å². The Morgan fingerprint density at radius 1 is 1.37 bits per heavy atom. The van der Waals surface area contributed by atoms with Crippen LogP contribution in [0, 0.1) is 0 Å². The standard InChI is InChI=1S/C15H27N3S/c1-4-13-10-14(18(2)17-13)11-16-12-15(19-3)8-6-5-7-9-15/h10,16H,4-9,11-12H2,1-3H3. The summed E-state index contributed by atoms with van der Waals surface area (Å²) in [7, 11) is 2.04. The molecule has 2 rings (SSSR count). The maximum atomic E-state index is 4.50. The molecule has 0 saturated heterocycles. The smallest absolute Gasteiger partial charge is 0.0625 e. The van der Waals surface area contributed by atoms with Gasteiger partial charge < -0.3 is 5.32 Å². The topological polar surface area (TPSA) is 29.9 Å². The van der Waals surface area contributed by atoms with Crippen molar-refractivity contribution in [1.29, 1.82) is 0 Å². The summed E-state index contributed by atoms with van der Waals surface area (Å²) in [6, 6.07) is 2.22. The van der Waals surface area contributed by atoms with E-state index >= 15 is 0 Å². The molecule has 1 aromatic heterocycles. The molecule has 1 heterocycles. The zero-order valence-electron chi connectivity index (χ0n) is 12.5. The molecule has 1 fully saturated rings. The molecule has 1 aliphatic rings. The minimum absolute atomic E-state index is 0.477. The molecule has 108 valence electrons. The number of aryl methyl sites for hydroxylation is 2. The van der Waals surface area contributed by atoms with Gasteiger partial charge in [0.15, 0.2) is 0 Å². The van der Waals surface area contributed by atoms with Crippen LogP contribution >= 0.6 is 11.8 Å². The lowest BCUT2D eigenvalue weighted by Gasteiger charge is -2.36. The van der Waals surface area contributed by atoms with Crippen LogP contribution in [-0.2, 0) is 20.0 Å². The van der Waals surface area contributed by atoms with E-state index in [1.807, 2.05) is 11.7 Å². The van der Waals surface area contributed by atoms with E-state index in [9.17, 15) is 0 Å². The van der Waals surface area contributed by atoms with E-state index in [1.54, 1.807) is 0 Å². The molecular weight excluding hydrogens is 254 g/mol. The summed E-state index contributed by atoms with van der Waals surface area (Å²) in [6.07, 6.45) is 10.2. The monoisotopic (exact) mass is 281 g/mol.